The molecule has 0 aromatic heterocycles. The van der Waals surface area contributed by atoms with E-state index in [-0.39, 0.29) is 17.6 Å². The maximum absolute atomic E-state index is 12.8. The van der Waals surface area contributed by atoms with Crippen LogP contribution in [0.3, 0.4) is 0 Å². The van der Waals surface area contributed by atoms with Crippen molar-refractivity contribution in [3.63, 3.8) is 0 Å². The summed E-state index contributed by atoms with van der Waals surface area (Å²) in [5.74, 6) is 1.53. The number of ether oxygens (including phenoxy) is 4. The second-order valence-corrected chi connectivity index (χ2v) is 6.33. The molecule has 0 aliphatic carbocycles. The lowest BCUT2D eigenvalue weighted by molar-refractivity contribution is -0.151. The largest absolute Gasteiger partial charge is 0.486 e. The number of benzene rings is 1. The third kappa shape index (κ3) is 2.77. The van der Waals surface area contributed by atoms with Crippen molar-refractivity contribution in [1.29, 1.82) is 0 Å². The van der Waals surface area contributed by atoms with Gasteiger partial charge in [0.15, 0.2) is 11.5 Å². The molecule has 1 aromatic carbocycles. The minimum Gasteiger partial charge on any atom is -0.486 e. The van der Waals surface area contributed by atoms with E-state index < -0.39 is 0 Å². The first kappa shape index (κ1) is 14.8. The smallest absolute Gasteiger partial charge is 0.227 e. The summed E-state index contributed by atoms with van der Waals surface area (Å²) in [6.07, 6.45) is 0.902. The van der Waals surface area contributed by atoms with Gasteiger partial charge in [0.2, 0.25) is 5.91 Å². The lowest BCUT2D eigenvalue weighted by Gasteiger charge is -2.44. The second-order valence-electron chi connectivity index (χ2n) is 6.33. The molecule has 0 radical (unpaired) electrons. The Morgan fingerprint density at radius 2 is 1.96 bits per heavy atom. The molecule has 1 aromatic rings. The predicted octanol–water partition coefficient (Wildman–Crippen LogP) is 1.23. The first-order chi connectivity index (χ1) is 11.3. The number of para-hydroxylation sites is 2. The molecule has 0 N–H and O–H groups in total. The van der Waals surface area contributed by atoms with Crippen LogP contribution in [0.15, 0.2) is 24.3 Å². The zero-order chi connectivity index (χ0) is 15.7. The van der Waals surface area contributed by atoms with Gasteiger partial charge in [-0.1, -0.05) is 12.1 Å². The van der Waals surface area contributed by atoms with Crippen molar-refractivity contribution < 1.29 is 23.7 Å². The van der Waals surface area contributed by atoms with Crippen LogP contribution in [-0.2, 0) is 14.3 Å². The van der Waals surface area contributed by atoms with E-state index >= 15 is 0 Å². The van der Waals surface area contributed by atoms with E-state index in [0.29, 0.717) is 51.7 Å². The van der Waals surface area contributed by atoms with Crippen LogP contribution in [0.25, 0.3) is 0 Å². The van der Waals surface area contributed by atoms with E-state index in [9.17, 15) is 4.79 Å². The summed E-state index contributed by atoms with van der Waals surface area (Å²) in [6, 6.07) is 7.55. The van der Waals surface area contributed by atoms with Gasteiger partial charge >= 0.3 is 0 Å². The van der Waals surface area contributed by atoms with Crippen molar-refractivity contribution >= 4 is 5.91 Å². The summed E-state index contributed by atoms with van der Waals surface area (Å²) in [6.45, 7) is 3.40. The number of carbonyl (C=O) groups is 1. The van der Waals surface area contributed by atoms with Crippen LogP contribution < -0.4 is 9.47 Å². The third-order valence-electron chi connectivity index (χ3n) is 4.76. The predicted molar refractivity (Wildman–Crippen MR) is 81.7 cm³/mol. The van der Waals surface area contributed by atoms with Gasteiger partial charge in [-0.2, -0.15) is 0 Å². The summed E-state index contributed by atoms with van der Waals surface area (Å²) in [7, 11) is 0. The fourth-order valence-corrected chi connectivity index (χ4v) is 3.51. The van der Waals surface area contributed by atoms with Gasteiger partial charge in [0.1, 0.15) is 12.7 Å². The molecule has 3 heterocycles. The Bertz CT molecular complexity index is 584. The van der Waals surface area contributed by atoms with Gasteiger partial charge in [-0.05, 0) is 18.6 Å². The van der Waals surface area contributed by atoms with E-state index in [0.717, 1.165) is 12.2 Å². The van der Waals surface area contributed by atoms with Gasteiger partial charge in [0.25, 0.3) is 0 Å². The molecule has 0 bridgehead atoms. The van der Waals surface area contributed by atoms with E-state index in [2.05, 4.69) is 0 Å². The van der Waals surface area contributed by atoms with Gasteiger partial charge in [-0.3, -0.25) is 4.79 Å². The van der Waals surface area contributed by atoms with Crippen molar-refractivity contribution in [3.8, 4) is 11.5 Å². The minimum atomic E-state index is -0.289. The zero-order valence-electron chi connectivity index (χ0n) is 13.0. The summed E-state index contributed by atoms with van der Waals surface area (Å²) in [4.78, 5) is 14.8. The van der Waals surface area contributed by atoms with E-state index in [1.165, 1.54) is 0 Å². The van der Waals surface area contributed by atoms with Gasteiger partial charge in [-0.25, -0.2) is 0 Å². The highest BCUT2D eigenvalue weighted by Gasteiger charge is 2.45. The molecule has 2 atom stereocenters. The van der Waals surface area contributed by atoms with Gasteiger partial charge in [-0.15, -0.1) is 0 Å². The van der Waals surface area contributed by atoms with Crippen LogP contribution in [-0.4, -0.2) is 62.0 Å². The quantitative estimate of drug-likeness (QED) is 0.821. The van der Waals surface area contributed by atoms with Gasteiger partial charge in [0, 0.05) is 13.2 Å². The Hall–Kier alpha value is -1.79. The highest BCUT2D eigenvalue weighted by atomic mass is 16.6. The maximum atomic E-state index is 12.8. The molecule has 0 saturated carbocycles. The highest BCUT2D eigenvalue weighted by Crippen LogP contribution is 2.33. The Kier molecular flexibility index (Phi) is 3.87. The molecule has 2 saturated heterocycles. The summed E-state index contributed by atoms with van der Waals surface area (Å²) < 4.78 is 22.7. The number of rotatable bonds is 2. The molecule has 4 rings (SSSR count). The number of hydrogen-bond acceptors (Lipinski definition) is 5. The van der Waals surface area contributed by atoms with E-state index in [4.69, 9.17) is 18.9 Å². The van der Waals surface area contributed by atoms with Gasteiger partial charge < -0.3 is 23.8 Å². The standard InChI is InChI=1S/C17H21NO5/c19-16(18-6-8-21-12-17(18)5-7-20-11-17)9-13-10-22-14-3-1-2-4-15(14)23-13/h1-4,13H,5-12H2. The fraction of sp³-hybridized carbons (Fsp3) is 0.588. The van der Waals surface area contributed by atoms with Crippen LogP contribution in [0.5, 0.6) is 11.5 Å². The zero-order valence-corrected chi connectivity index (χ0v) is 13.0. The summed E-state index contributed by atoms with van der Waals surface area (Å²) in [5, 5.41) is 0. The van der Waals surface area contributed by atoms with Crippen LogP contribution in [0.1, 0.15) is 12.8 Å². The van der Waals surface area contributed by atoms with Crippen molar-refractivity contribution in [2.24, 2.45) is 0 Å². The molecule has 124 valence electrons. The number of fused-ring (bicyclic) bond motifs is 1. The average Bonchev–Trinajstić information content (AvgIpc) is 3.03. The van der Waals surface area contributed by atoms with Crippen molar-refractivity contribution in [1.82, 2.24) is 4.90 Å². The number of amides is 1. The average molecular weight is 319 g/mol. The molecule has 23 heavy (non-hydrogen) atoms. The molecule has 1 spiro atoms. The molecule has 2 fully saturated rings. The number of carbonyl (C=O) groups excluding carboxylic acids is 1. The van der Waals surface area contributed by atoms with Crippen LogP contribution in [0, 0.1) is 0 Å². The first-order valence-corrected chi connectivity index (χ1v) is 8.11. The topological polar surface area (TPSA) is 57.2 Å². The highest BCUT2D eigenvalue weighted by molar-refractivity contribution is 5.78. The number of hydrogen-bond donors (Lipinski definition) is 0. The lowest BCUT2D eigenvalue weighted by atomic mass is 9.95. The van der Waals surface area contributed by atoms with Crippen LogP contribution >= 0.6 is 0 Å². The van der Waals surface area contributed by atoms with Crippen molar-refractivity contribution in [3.05, 3.63) is 24.3 Å². The maximum Gasteiger partial charge on any atom is 0.227 e. The molecule has 1 amide bonds. The van der Waals surface area contributed by atoms with Gasteiger partial charge in [0.05, 0.1) is 31.8 Å². The normalized spacial score (nSPS) is 29.7. The molecule has 2 unspecified atom stereocenters. The molecule has 3 aliphatic rings. The Labute approximate surface area is 135 Å². The lowest BCUT2D eigenvalue weighted by Crippen LogP contribution is -2.60. The second kappa shape index (κ2) is 6.02. The SMILES string of the molecule is O=C(CC1COc2ccccc2O1)N1CCOCC12CCOC2. The monoisotopic (exact) mass is 319 g/mol. The molecular formula is C17H21NO5. The van der Waals surface area contributed by atoms with E-state index in [1.54, 1.807) is 0 Å². The summed E-state index contributed by atoms with van der Waals surface area (Å²) in [5.41, 5.74) is -0.289. The Balaban J connectivity index is 1.43. The van der Waals surface area contributed by atoms with Crippen LogP contribution in [0.4, 0.5) is 0 Å². The Morgan fingerprint density at radius 1 is 1.17 bits per heavy atom. The molecule has 3 aliphatic heterocycles. The minimum absolute atomic E-state index is 0.0896. The Morgan fingerprint density at radius 3 is 2.78 bits per heavy atom. The fourth-order valence-electron chi connectivity index (χ4n) is 3.51. The molecule has 6 heteroatoms. The van der Waals surface area contributed by atoms with Crippen molar-refractivity contribution in [2.75, 3.05) is 39.6 Å². The number of morpholine rings is 1. The van der Waals surface area contributed by atoms with E-state index in [1.807, 2.05) is 29.2 Å². The molecule has 6 nitrogen and oxygen atoms in total. The van der Waals surface area contributed by atoms with Crippen LogP contribution in [0.2, 0.25) is 0 Å². The molecular weight excluding hydrogens is 298 g/mol. The van der Waals surface area contributed by atoms with Crippen molar-refractivity contribution in [2.45, 2.75) is 24.5 Å². The summed E-state index contributed by atoms with van der Waals surface area (Å²) >= 11 is 0. The first-order valence-electron chi connectivity index (χ1n) is 8.11. The number of nitrogens with zero attached hydrogens (tertiary/aromatic N) is 1. The third-order valence-corrected chi connectivity index (χ3v) is 4.76.